The summed E-state index contributed by atoms with van der Waals surface area (Å²) < 4.78 is 0. The van der Waals surface area contributed by atoms with Gasteiger partial charge in [0.15, 0.2) is 0 Å². The lowest BCUT2D eigenvalue weighted by atomic mass is 10.0. The third kappa shape index (κ3) is 2.27. The molecule has 1 atom stereocenters. The monoisotopic (exact) mass is 225 g/mol. The van der Waals surface area contributed by atoms with E-state index in [-0.39, 0.29) is 12.6 Å². The average molecular weight is 226 g/mol. The van der Waals surface area contributed by atoms with Crippen molar-refractivity contribution in [3.8, 4) is 0 Å². The molecule has 1 aliphatic rings. The van der Waals surface area contributed by atoms with Gasteiger partial charge in [-0.3, -0.25) is 0 Å². The van der Waals surface area contributed by atoms with E-state index in [1.165, 1.54) is 12.8 Å². The lowest BCUT2D eigenvalue weighted by Crippen LogP contribution is -2.42. The molecule has 2 rings (SSSR count). The van der Waals surface area contributed by atoms with Crippen LogP contribution in [-0.2, 0) is 0 Å². The Kier molecular flexibility index (Phi) is 3.49. The van der Waals surface area contributed by atoms with E-state index in [4.69, 9.17) is 11.6 Å². The van der Waals surface area contributed by atoms with Crippen molar-refractivity contribution in [3.63, 3.8) is 0 Å². The molecule has 0 bridgehead atoms. The van der Waals surface area contributed by atoms with Gasteiger partial charge in [-0.1, -0.05) is 23.7 Å². The summed E-state index contributed by atoms with van der Waals surface area (Å²) in [6.45, 7) is 1.21. The van der Waals surface area contributed by atoms with Crippen LogP contribution in [0.1, 0.15) is 19.3 Å². The number of rotatable bonds is 2. The fourth-order valence-electron chi connectivity index (χ4n) is 2.19. The van der Waals surface area contributed by atoms with Crippen molar-refractivity contribution in [1.29, 1.82) is 0 Å². The minimum Gasteiger partial charge on any atom is -0.394 e. The van der Waals surface area contributed by atoms with Gasteiger partial charge >= 0.3 is 0 Å². The van der Waals surface area contributed by atoms with E-state index in [0.717, 1.165) is 23.7 Å². The summed E-state index contributed by atoms with van der Waals surface area (Å²) in [7, 11) is 0. The quantitative estimate of drug-likeness (QED) is 0.837. The van der Waals surface area contributed by atoms with Crippen LogP contribution in [0.5, 0.6) is 0 Å². The SMILES string of the molecule is OCC1CCCCN1c1ccccc1Cl. The molecule has 1 heterocycles. The van der Waals surface area contributed by atoms with Crippen molar-refractivity contribution in [2.75, 3.05) is 18.1 Å². The number of benzene rings is 1. The number of nitrogens with zero attached hydrogens (tertiary/aromatic N) is 1. The van der Waals surface area contributed by atoms with Gasteiger partial charge in [-0.25, -0.2) is 0 Å². The van der Waals surface area contributed by atoms with Crippen LogP contribution in [0.2, 0.25) is 5.02 Å². The normalized spacial score (nSPS) is 21.7. The summed E-state index contributed by atoms with van der Waals surface area (Å²) in [5.74, 6) is 0. The standard InChI is InChI=1S/C12H16ClNO/c13-11-6-1-2-7-12(11)14-8-4-3-5-10(14)9-15/h1-2,6-7,10,15H,3-5,8-9H2. The van der Waals surface area contributed by atoms with E-state index in [9.17, 15) is 5.11 Å². The zero-order chi connectivity index (χ0) is 10.7. The summed E-state index contributed by atoms with van der Waals surface area (Å²) >= 11 is 6.16. The lowest BCUT2D eigenvalue weighted by molar-refractivity contribution is 0.240. The fraction of sp³-hybridized carbons (Fsp3) is 0.500. The van der Waals surface area contributed by atoms with Crippen LogP contribution in [-0.4, -0.2) is 24.3 Å². The molecular weight excluding hydrogens is 210 g/mol. The highest BCUT2D eigenvalue weighted by molar-refractivity contribution is 6.33. The molecule has 1 aromatic rings. The van der Waals surface area contributed by atoms with Gasteiger partial charge in [-0.15, -0.1) is 0 Å². The number of anilines is 1. The number of para-hydroxylation sites is 1. The molecule has 1 aliphatic heterocycles. The van der Waals surface area contributed by atoms with Gasteiger partial charge in [0.2, 0.25) is 0 Å². The van der Waals surface area contributed by atoms with Gasteiger partial charge in [0.1, 0.15) is 0 Å². The molecule has 1 unspecified atom stereocenters. The predicted octanol–water partition coefficient (Wildman–Crippen LogP) is 2.69. The summed E-state index contributed by atoms with van der Waals surface area (Å²) in [5.41, 5.74) is 1.05. The highest BCUT2D eigenvalue weighted by atomic mass is 35.5. The van der Waals surface area contributed by atoms with Crippen molar-refractivity contribution in [2.45, 2.75) is 25.3 Å². The van der Waals surface area contributed by atoms with Crippen molar-refractivity contribution in [1.82, 2.24) is 0 Å². The van der Waals surface area contributed by atoms with Crippen LogP contribution in [0.4, 0.5) is 5.69 Å². The van der Waals surface area contributed by atoms with Crippen molar-refractivity contribution in [2.24, 2.45) is 0 Å². The summed E-state index contributed by atoms with van der Waals surface area (Å²) in [6.07, 6.45) is 3.44. The molecule has 1 saturated heterocycles. The first-order chi connectivity index (χ1) is 7.33. The van der Waals surface area contributed by atoms with Crippen LogP contribution in [0.25, 0.3) is 0 Å². The molecule has 0 aromatic heterocycles. The minimum atomic E-state index is 0.214. The Morgan fingerprint density at radius 3 is 2.87 bits per heavy atom. The first-order valence-corrected chi connectivity index (χ1v) is 5.83. The van der Waals surface area contributed by atoms with E-state index in [0.29, 0.717) is 0 Å². The van der Waals surface area contributed by atoms with Gasteiger partial charge in [0.25, 0.3) is 0 Å². The van der Waals surface area contributed by atoms with E-state index >= 15 is 0 Å². The van der Waals surface area contributed by atoms with Crippen LogP contribution in [0.3, 0.4) is 0 Å². The molecule has 0 amide bonds. The number of hydrogen-bond acceptors (Lipinski definition) is 2. The maximum Gasteiger partial charge on any atom is 0.0639 e. The van der Waals surface area contributed by atoms with Gasteiger partial charge in [0, 0.05) is 6.54 Å². The lowest BCUT2D eigenvalue weighted by Gasteiger charge is -2.37. The third-order valence-electron chi connectivity index (χ3n) is 3.00. The number of aliphatic hydroxyl groups excluding tert-OH is 1. The van der Waals surface area contributed by atoms with Crippen molar-refractivity contribution < 1.29 is 5.11 Å². The molecule has 2 nitrogen and oxygen atoms in total. The first kappa shape index (κ1) is 10.8. The first-order valence-electron chi connectivity index (χ1n) is 5.45. The third-order valence-corrected chi connectivity index (χ3v) is 3.32. The Morgan fingerprint density at radius 1 is 1.33 bits per heavy atom. The van der Waals surface area contributed by atoms with Gasteiger partial charge in [-0.2, -0.15) is 0 Å². The predicted molar refractivity (Wildman–Crippen MR) is 63.5 cm³/mol. The largest absolute Gasteiger partial charge is 0.394 e. The smallest absolute Gasteiger partial charge is 0.0639 e. The second-order valence-corrected chi connectivity index (χ2v) is 4.38. The number of aliphatic hydroxyl groups is 1. The second-order valence-electron chi connectivity index (χ2n) is 3.98. The maximum absolute atomic E-state index is 9.33. The molecule has 1 fully saturated rings. The topological polar surface area (TPSA) is 23.5 Å². The summed E-state index contributed by atoms with van der Waals surface area (Å²) in [5, 5.41) is 10.1. The Labute approximate surface area is 95.5 Å². The molecule has 1 aromatic carbocycles. The highest BCUT2D eigenvalue weighted by Crippen LogP contribution is 2.30. The Hall–Kier alpha value is -0.730. The van der Waals surface area contributed by atoms with E-state index in [1.807, 2.05) is 24.3 Å². The maximum atomic E-state index is 9.33. The minimum absolute atomic E-state index is 0.214. The molecule has 1 N–H and O–H groups in total. The Balaban J connectivity index is 2.24. The molecule has 0 aliphatic carbocycles. The van der Waals surface area contributed by atoms with Gasteiger partial charge in [-0.05, 0) is 31.4 Å². The average Bonchev–Trinajstić information content (AvgIpc) is 2.30. The van der Waals surface area contributed by atoms with Crippen molar-refractivity contribution >= 4 is 17.3 Å². The van der Waals surface area contributed by atoms with Crippen LogP contribution < -0.4 is 4.90 Å². The number of hydrogen-bond donors (Lipinski definition) is 1. The highest BCUT2D eigenvalue weighted by Gasteiger charge is 2.22. The Morgan fingerprint density at radius 2 is 2.13 bits per heavy atom. The van der Waals surface area contributed by atoms with Crippen LogP contribution in [0.15, 0.2) is 24.3 Å². The number of piperidine rings is 1. The molecule has 0 radical (unpaired) electrons. The second kappa shape index (κ2) is 4.86. The van der Waals surface area contributed by atoms with Crippen LogP contribution in [0, 0.1) is 0 Å². The van der Waals surface area contributed by atoms with Gasteiger partial charge in [0.05, 0.1) is 23.4 Å². The van der Waals surface area contributed by atoms with E-state index in [2.05, 4.69) is 4.90 Å². The molecule has 0 spiro atoms. The molecule has 3 heteroatoms. The number of halogens is 1. The zero-order valence-electron chi connectivity index (χ0n) is 8.69. The van der Waals surface area contributed by atoms with E-state index < -0.39 is 0 Å². The molecule has 0 saturated carbocycles. The van der Waals surface area contributed by atoms with Crippen LogP contribution >= 0.6 is 11.6 Å². The molecular formula is C12H16ClNO. The van der Waals surface area contributed by atoms with Crippen molar-refractivity contribution in [3.05, 3.63) is 29.3 Å². The van der Waals surface area contributed by atoms with E-state index in [1.54, 1.807) is 0 Å². The molecule has 82 valence electrons. The van der Waals surface area contributed by atoms with Gasteiger partial charge < -0.3 is 10.0 Å². The Bertz CT molecular complexity index is 329. The zero-order valence-corrected chi connectivity index (χ0v) is 9.45. The molecule has 15 heavy (non-hydrogen) atoms. The fourth-order valence-corrected chi connectivity index (χ4v) is 2.44. The summed E-state index contributed by atoms with van der Waals surface area (Å²) in [4.78, 5) is 2.23. The summed E-state index contributed by atoms with van der Waals surface area (Å²) in [6, 6.07) is 8.09.